The van der Waals surface area contributed by atoms with Crippen molar-refractivity contribution in [2.75, 3.05) is 6.61 Å². The van der Waals surface area contributed by atoms with E-state index in [1.807, 2.05) is 61.5 Å². The summed E-state index contributed by atoms with van der Waals surface area (Å²) >= 11 is 0. The van der Waals surface area contributed by atoms with Crippen molar-refractivity contribution < 1.29 is 14.2 Å². The molecule has 0 aliphatic heterocycles. The molecule has 1 heterocycles. The van der Waals surface area contributed by atoms with E-state index < -0.39 is 11.5 Å². The van der Waals surface area contributed by atoms with E-state index in [1.165, 1.54) is 4.68 Å². The third kappa shape index (κ3) is 4.20. The van der Waals surface area contributed by atoms with Gasteiger partial charge < -0.3 is 4.74 Å². The Labute approximate surface area is 156 Å². The number of benzene rings is 2. The Morgan fingerprint density at radius 1 is 1.19 bits per heavy atom. The molecular formula is C20H21N4O3+. The second-order valence-electron chi connectivity index (χ2n) is 5.96. The van der Waals surface area contributed by atoms with E-state index in [9.17, 15) is 9.59 Å². The molecule has 138 valence electrons. The summed E-state index contributed by atoms with van der Waals surface area (Å²) in [5, 5.41) is 7.05. The molecule has 0 saturated carbocycles. The molecule has 7 heteroatoms. The first-order valence-electron chi connectivity index (χ1n) is 8.66. The summed E-state index contributed by atoms with van der Waals surface area (Å²) in [5.74, 6) is -0.681. The van der Waals surface area contributed by atoms with E-state index in [0.29, 0.717) is 6.54 Å². The van der Waals surface area contributed by atoms with Gasteiger partial charge in [-0.25, -0.2) is 9.59 Å². The van der Waals surface area contributed by atoms with Crippen LogP contribution in [0.15, 0.2) is 64.5 Å². The fraction of sp³-hybridized carbons (Fsp3) is 0.200. The van der Waals surface area contributed by atoms with Gasteiger partial charge in [0.15, 0.2) is 0 Å². The van der Waals surface area contributed by atoms with E-state index in [1.54, 1.807) is 13.1 Å². The van der Waals surface area contributed by atoms with E-state index in [4.69, 9.17) is 4.74 Å². The number of H-pyrrole nitrogens is 1. The normalized spacial score (nSPS) is 11.0. The number of hydrogen-bond donors (Lipinski definition) is 1. The minimum Gasteiger partial charge on any atom is -0.459 e. The molecule has 0 aliphatic rings. The van der Waals surface area contributed by atoms with Crippen LogP contribution in [0.3, 0.4) is 0 Å². The van der Waals surface area contributed by atoms with Crippen molar-refractivity contribution in [3.63, 3.8) is 0 Å². The molecule has 0 bridgehead atoms. The SMILES string of the molecule is CCOC(=O)c1c(=O)n(N=Cc2ccccc2C)[nH][n+]1Cc1ccccc1. The van der Waals surface area contributed by atoms with Gasteiger partial charge in [-0.3, -0.25) is 0 Å². The highest BCUT2D eigenvalue weighted by atomic mass is 16.5. The lowest BCUT2D eigenvalue weighted by Gasteiger charge is -2.00. The largest absolute Gasteiger partial charge is 0.459 e. The topological polar surface area (TPSA) is 80.3 Å². The van der Waals surface area contributed by atoms with Crippen LogP contribution in [0.25, 0.3) is 0 Å². The average molecular weight is 365 g/mol. The first kappa shape index (κ1) is 18.3. The Morgan fingerprint density at radius 3 is 2.59 bits per heavy atom. The number of hydrogen-bond acceptors (Lipinski definition) is 4. The summed E-state index contributed by atoms with van der Waals surface area (Å²) < 4.78 is 6.49. The lowest BCUT2D eigenvalue weighted by atomic mass is 10.1. The van der Waals surface area contributed by atoms with Crippen LogP contribution in [0.1, 0.15) is 34.1 Å². The second kappa shape index (κ2) is 8.27. The number of nitrogens with one attached hydrogen (secondary N) is 1. The third-order valence-electron chi connectivity index (χ3n) is 4.03. The predicted octanol–water partition coefficient (Wildman–Crippen LogP) is 1.88. The van der Waals surface area contributed by atoms with Crippen LogP contribution in [-0.4, -0.2) is 28.8 Å². The average Bonchev–Trinajstić information content (AvgIpc) is 2.97. The molecule has 0 atom stereocenters. The zero-order valence-electron chi connectivity index (χ0n) is 15.3. The molecule has 27 heavy (non-hydrogen) atoms. The molecule has 3 aromatic rings. The lowest BCUT2D eigenvalue weighted by Crippen LogP contribution is -2.44. The van der Waals surface area contributed by atoms with Crippen molar-refractivity contribution in [3.05, 3.63) is 87.3 Å². The molecule has 2 aromatic carbocycles. The third-order valence-corrected chi connectivity index (χ3v) is 4.03. The van der Waals surface area contributed by atoms with Crippen LogP contribution in [-0.2, 0) is 11.3 Å². The number of carbonyl (C=O) groups excluding carboxylic acids is 1. The van der Waals surface area contributed by atoms with E-state index >= 15 is 0 Å². The first-order valence-corrected chi connectivity index (χ1v) is 8.66. The fourth-order valence-corrected chi connectivity index (χ4v) is 2.63. The fourth-order valence-electron chi connectivity index (χ4n) is 2.63. The highest BCUT2D eigenvalue weighted by Gasteiger charge is 2.29. The van der Waals surface area contributed by atoms with E-state index in [-0.39, 0.29) is 12.3 Å². The molecule has 7 nitrogen and oxygen atoms in total. The van der Waals surface area contributed by atoms with Gasteiger partial charge in [-0.2, -0.15) is 0 Å². The predicted molar refractivity (Wildman–Crippen MR) is 101 cm³/mol. The van der Waals surface area contributed by atoms with Crippen LogP contribution >= 0.6 is 0 Å². The monoisotopic (exact) mass is 365 g/mol. The van der Waals surface area contributed by atoms with Gasteiger partial charge in [0.05, 0.1) is 12.8 Å². The minimum absolute atomic E-state index is 0.0948. The van der Waals surface area contributed by atoms with Crippen molar-refractivity contribution in [1.82, 2.24) is 10.0 Å². The van der Waals surface area contributed by atoms with Gasteiger partial charge in [0.1, 0.15) is 6.54 Å². The Balaban J connectivity index is 2.00. The number of carbonyl (C=O) groups is 1. The molecule has 1 N–H and O–H groups in total. The zero-order chi connectivity index (χ0) is 19.2. The summed E-state index contributed by atoms with van der Waals surface area (Å²) in [7, 11) is 0. The van der Waals surface area contributed by atoms with Crippen LogP contribution in [0, 0.1) is 6.92 Å². The number of aromatic amines is 1. The quantitative estimate of drug-likeness (QED) is 0.411. The minimum atomic E-state index is -0.681. The standard InChI is InChI=1S/C20H20N4O3/c1-3-27-20(26)18-19(25)24(21-13-17-12-8-7-9-15(17)2)22-23(18)14-16-10-5-4-6-11-16/h4-13H,3,14H2,1-2H3/p+1. The maximum absolute atomic E-state index is 12.7. The van der Waals surface area contributed by atoms with E-state index in [2.05, 4.69) is 10.3 Å². The van der Waals surface area contributed by atoms with Gasteiger partial charge in [-0.1, -0.05) is 64.9 Å². The number of aromatic nitrogens is 3. The Kier molecular flexibility index (Phi) is 5.61. The molecule has 3 rings (SSSR count). The highest BCUT2D eigenvalue weighted by Crippen LogP contribution is 2.03. The van der Waals surface area contributed by atoms with E-state index in [0.717, 1.165) is 21.5 Å². The van der Waals surface area contributed by atoms with Gasteiger partial charge in [-0.15, -0.1) is 4.68 Å². The summed E-state index contributed by atoms with van der Waals surface area (Å²) in [6.45, 7) is 4.15. The molecule has 0 fully saturated rings. The Hall–Kier alpha value is -3.48. The van der Waals surface area contributed by atoms with Crippen molar-refractivity contribution in [3.8, 4) is 0 Å². The highest BCUT2D eigenvalue weighted by molar-refractivity contribution is 5.85. The smallest absolute Gasteiger partial charge is 0.434 e. The molecule has 0 unspecified atom stereocenters. The van der Waals surface area contributed by atoms with Gasteiger partial charge in [0.2, 0.25) is 0 Å². The first-order chi connectivity index (χ1) is 13.1. The van der Waals surface area contributed by atoms with Crippen LogP contribution in [0.2, 0.25) is 0 Å². The number of aryl methyl sites for hydroxylation is 1. The maximum atomic E-state index is 12.7. The van der Waals surface area contributed by atoms with Crippen LogP contribution in [0.4, 0.5) is 0 Å². The van der Waals surface area contributed by atoms with Crippen LogP contribution < -0.4 is 10.2 Å². The van der Waals surface area contributed by atoms with Crippen molar-refractivity contribution in [1.29, 1.82) is 0 Å². The zero-order valence-corrected chi connectivity index (χ0v) is 15.3. The van der Waals surface area contributed by atoms with Crippen LogP contribution in [0.5, 0.6) is 0 Å². The summed E-state index contributed by atoms with van der Waals surface area (Å²) in [5.41, 5.74) is 2.19. The van der Waals surface area contributed by atoms with Gasteiger partial charge >= 0.3 is 17.2 Å². The lowest BCUT2D eigenvalue weighted by molar-refractivity contribution is -0.749. The molecule has 1 aromatic heterocycles. The van der Waals surface area contributed by atoms with Gasteiger partial charge in [0, 0.05) is 4.79 Å². The van der Waals surface area contributed by atoms with Gasteiger partial charge in [-0.05, 0) is 30.5 Å². The number of nitrogens with zero attached hydrogens (tertiary/aromatic N) is 3. The van der Waals surface area contributed by atoms with Crippen molar-refractivity contribution >= 4 is 12.2 Å². The number of rotatable bonds is 6. The number of ether oxygens (including phenoxy) is 1. The molecular weight excluding hydrogens is 344 g/mol. The summed E-state index contributed by atoms with van der Waals surface area (Å²) in [6.07, 6.45) is 1.58. The molecule has 0 radical (unpaired) electrons. The Morgan fingerprint density at radius 2 is 1.89 bits per heavy atom. The van der Waals surface area contributed by atoms with Crippen molar-refractivity contribution in [2.24, 2.45) is 5.10 Å². The molecule has 0 aliphatic carbocycles. The molecule has 0 spiro atoms. The summed E-state index contributed by atoms with van der Waals surface area (Å²) in [4.78, 5) is 26.0. The summed E-state index contributed by atoms with van der Waals surface area (Å²) in [6, 6.07) is 17.2. The van der Waals surface area contributed by atoms with Crippen molar-refractivity contribution in [2.45, 2.75) is 20.4 Å². The molecule has 0 amide bonds. The maximum Gasteiger partial charge on any atom is 0.434 e. The molecule has 0 saturated heterocycles. The Bertz CT molecular complexity index is 1020. The number of esters is 1. The second-order valence-corrected chi connectivity index (χ2v) is 5.96. The van der Waals surface area contributed by atoms with Gasteiger partial charge in [0.25, 0.3) is 0 Å².